The van der Waals surface area contributed by atoms with Gasteiger partial charge in [0.15, 0.2) is 5.76 Å². The van der Waals surface area contributed by atoms with Crippen molar-refractivity contribution in [3.63, 3.8) is 0 Å². The van der Waals surface area contributed by atoms with Crippen LogP contribution in [0, 0.1) is 0 Å². The summed E-state index contributed by atoms with van der Waals surface area (Å²) in [5.74, 6) is -1.31. The van der Waals surface area contributed by atoms with Crippen molar-refractivity contribution in [2.45, 2.75) is 25.1 Å². The Hall–Kier alpha value is -2.35. The summed E-state index contributed by atoms with van der Waals surface area (Å²) in [5.41, 5.74) is 1.79. The molecule has 1 heterocycles. The highest BCUT2D eigenvalue weighted by Crippen LogP contribution is 2.41. The van der Waals surface area contributed by atoms with Gasteiger partial charge in [-0.05, 0) is 12.5 Å². The summed E-state index contributed by atoms with van der Waals surface area (Å²) in [6, 6.07) is 5.85. The second-order valence-electron chi connectivity index (χ2n) is 4.81. The van der Waals surface area contributed by atoms with Crippen molar-refractivity contribution < 1.29 is 27.2 Å². The van der Waals surface area contributed by atoms with Crippen LogP contribution in [0.3, 0.4) is 0 Å². The molecule has 0 fully saturated rings. The number of nitrogens with two attached hydrogens (primary N) is 1. The maximum Gasteiger partial charge on any atom is 0.416 e. The summed E-state index contributed by atoms with van der Waals surface area (Å²) < 4.78 is 50.5. The van der Waals surface area contributed by atoms with Gasteiger partial charge in [-0.1, -0.05) is 30.3 Å². The minimum Gasteiger partial charge on any atom is -0.366 e. The number of hydrogen-bond acceptors (Lipinski definition) is 4. The number of nitrogens with zero attached hydrogens (tertiary/aromatic N) is 1. The first kappa shape index (κ1) is 17.0. The van der Waals surface area contributed by atoms with Crippen molar-refractivity contribution in [2.24, 2.45) is 5.73 Å². The molecular weight excluding hydrogens is 313 g/mol. The topological polar surface area (TPSA) is 78.4 Å². The Labute approximate surface area is 130 Å². The molecule has 2 N–H and O–H groups in total. The van der Waals surface area contributed by atoms with Crippen LogP contribution in [0.25, 0.3) is 0 Å². The van der Waals surface area contributed by atoms with Crippen LogP contribution in [0.5, 0.6) is 0 Å². The highest BCUT2D eigenvalue weighted by molar-refractivity contribution is 5.88. The second kappa shape index (κ2) is 6.41. The van der Waals surface area contributed by atoms with Gasteiger partial charge in [0, 0.05) is 18.2 Å². The van der Waals surface area contributed by atoms with Crippen LogP contribution in [0.15, 0.2) is 41.1 Å². The molecule has 0 saturated heterocycles. The number of halogens is 3. The van der Waals surface area contributed by atoms with E-state index in [-0.39, 0.29) is 12.4 Å². The second-order valence-corrected chi connectivity index (χ2v) is 4.81. The molecule has 5 nitrogen and oxygen atoms in total. The molecule has 124 valence electrons. The van der Waals surface area contributed by atoms with E-state index in [1.807, 2.05) is 0 Å². The maximum absolute atomic E-state index is 13.4. The maximum atomic E-state index is 13.4. The van der Waals surface area contributed by atoms with Crippen LogP contribution < -0.4 is 5.73 Å². The lowest BCUT2D eigenvalue weighted by Crippen LogP contribution is -2.46. The van der Waals surface area contributed by atoms with Gasteiger partial charge in [0.25, 0.3) is 5.91 Å². The molecule has 0 aliphatic rings. The average Bonchev–Trinajstić information content (AvgIpc) is 3.02. The summed E-state index contributed by atoms with van der Waals surface area (Å²) in [4.78, 5) is 12.1. The number of ether oxygens (including phenoxy) is 1. The molecule has 23 heavy (non-hydrogen) atoms. The number of rotatable bonds is 6. The van der Waals surface area contributed by atoms with Crippen molar-refractivity contribution in [1.29, 1.82) is 0 Å². The molecule has 8 heteroatoms. The van der Waals surface area contributed by atoms with Crippen molar-refractivity contribution in [2.75, 3.05) is 6.61 Å². The van der Waals surface area contributed by atoms with E-state index in [0.717, 1.165) is 12.1 Å². The number of hydrogen-bond donors (Lipinski definition) is 1. The van der Waals surface area contributed by atoms with Crippen LogP contribution in [-0.4, -0.2) is 17.7 Å². The van der Waals surface area contributed by atoms with Crippen molar-refractivity contribution >= 4 is 5.91 Å². The molecule has 2 rings (SSSR count). The standard InChI is InChI=1S/C15H15F3N2O3/c1-2-9-22-14(13(19)21,12-7-8-20-23-12)10-5-3-4-6-11(10)15(16,17)18/h3-8H,2,9H2,1H3,(H2,19,21). The van der Waals surface area contributed by atoms with Crippen LogP contribution in [0.1, 0.15) is 30.2 Å². The number of benzene rings is 1. The van der Waals surface area contributed by atoms with E-state index < -0.39 is 28.8 Å². The van der Waals surface area contributed by atoms with E-state index >= 15 is 0 Å². The van der Waals surface area contributed by atoms with Crippen LogP contribution in [-0.2, 0) is 21.3 Å². The lowest BCUT2D eigenvalue weighted by molar-refractivity contribution is -0.149. The fraction of sp³-hybridized carbons (Fsp3) is 0.333. The molecule has 0 saturated carbocycles. The number of primary amides is 1. The van der Waals surface area contributed by atoms with Crippen molar-refractivity contribution in [1.82, 2.24) is 5.16 Å². The summed E-state index contributed by atoms with van der Waals surface area (Å²) in [6.45, 7) is 1.76. The molecule has 0 aliphatic heterocycles. The lowest BCUT2D eigenvalue weighted by atomic mass is 9.86. The molecule has 0 spiro atoms. The minimum absolute atomic E-state index is 0.00975. The predicted octanol–water partition coefficient (Wildman–Crippen LogP) is 2.85. The number of alkyl halides is 3. The first-order valence-electron chi connectivity index (χ1n) is 6.85. The zero-order valence-corrected chi connectivity index (χ0v) is 12.3. The summed E-state index contributed by atoms with van der Waals surface area (Å²) in [5, 5.41) is 3.45. The van der Waals surface area contributed by atoms with Crippen LogP contribution in [0.4, 0.5) is 13.2 Å². The fourth-order valence-electron chi connectivity index (χ4n) is 2.30. The highest BCUT2D eigenvalue weighted by Gasteiger charge is 2.50. The normalized spacial score (nSPS) is 14.4. The third-order valence-electron chi connectivity index (χ3n) is 3.27. The minimum atomic E-state index is -4.69. The van der Waals surface area contributed by atoms with Gasteiger partial charge in [-0.25, -0.2) is 0 Å². The van der Waals surface area contributed by atoms with Gasteiger partial charge >= 0.3 is 6.18 Å². The van der Waals surface area contributed by atoms with Gasteiger partial charge in [-0.3, -0.25) is 4.79 Å². The van der Waals surface area contributed by atoms with Crippen LogP contribution >= 0.6 is 0 Å². The van der Waals surface area contributed by atoms with E-state index in [1.54, 1.807) is 6.92 Å². The third kappa shape index (κ3) is 3.07. The van der Waals surface area contributed by atoms with Gasteiger partial charge in [-0.2, -0.15) is 13.2 Å². The Balaban J connectivity index is 2.75. The quantitative estimate of drug-likeness (QED) is 0.884. The summed E-state index contributed by atoms with van der Waals surface area (Å²) in [6.07, 6.45) is -3.01. The number of amides is 1. The molecule has 1 atom stereocenters. The molecule has 1 aromatic carbocycles. The molecule has 1 aromatic heterocycles. The Kier molecular flexibility index (Phi) is 4.74. The van der Waals surface area contributed by atoms with E-state index in [0.29, 0.717) is 6.42 Å². The average molecular weight is 328 g/mol. The SMILES string of the molecule is CCCOC(C(N)=O)(c1ccno1)c1ccccc1C(F)(F)F. The highest BCUT2D eigenvalue weighted by atomic mass is 19.4. The van der Waals surface area contributed by atoms with Gasteiger partial charge < -0.3 is 15.0 Å². The monoisotopic (exact) mass is 328 g/mol. The van der Waals surface area contributed by atoms with E-state index in [4.69, 9.17) is 15.0 Å². The first-order chi connectivity index (χ1) is 10.8. The fourth-order valence-corrected chi connectivity index (χ4v) is 2.30. The predicted molar refractivity (Wildman–Crippen MR) is 74.2 cm³/mol. The summed E-state index contributed by atoms with van der Waals surface area (Å²) in [7, 11) is 0. The smallest absolute Gasteiger partial charge is 0.366 e. The lowest BCUT2D eigenvalue weighted by Gasteiger charge is -2.30. The first-order valence-corrected chi connectivity index (χ1v) is 6.85. The molecule has 1 amide bonds. The van der Waals surface area contributed by atoms with E-state index in [2.05, 4.69) is 5.16 Å². The molecule has 0 bridgehead atoms. The van der Waals surface area contributed by atoms with Gasteiger partial charge in [0.1, 0.15) is 0 Å². The Bertz CT molecular complexity index is 671. The molecular formula is C15H15F3N2O3. The summed E-state index contributed by atoms with van der Waals surface area (Å²) >= 11 is 0. The number of carbonyl (C=O) groups excluding carboxylic acids is 1. The molecule has 2 aromatic rings. The number of aromatic nitrogens is 1. The third-order valence-corrected chi connectivity index (χ3v) is 3.27. The zero-order valence-electron chi connectivity index (χ0n) is 12.3. The van der Waals surface area contributed by atoms with Gasteiger partial charge in [-0.15, -0.1) is 0 Å². The molecule has 1 unspecified atom stereocenters. The Morgan fingerprint density at radius 3 is 2.39 bits per heavy atom. The Morgan fingerprint density at radius 2 is 1.91 bits per heavy atom. The van der Waals surface area contributed by atoms with Crippen molar-refractivity contribution in [3.05, 3.63) is 53.4 Å². The van der Waals surface area contributed by atoms with Gasteiger partial charge in [0.05, 0.1) is 11.8 Å². The zero-order chi connectivity index (χ0) is 17.1. The molecule has 0 aliphatic carbocycles. The van der Waals surface area contributed by atoms with E-state index in [9.17, 15) is 18.0 Å². The number of carbonyl (C=O) groups is 1. The van der Waals surface area contributed by atoms with E-state index in [1.165, 1.54) is 24.4 Å². The Morgan fingerprint density at radius 1 is 1.26 bits per heavy atom. The van der Waals surface area contributed by atoms with Crippen molar-refractivity contribution in [3.8, 4) is 0 Å². The van der Waals surface area contributed by atoms with Gasteiger partial charge in [0.2, 0.25) is 5.60 Å². The van der Waals surface area contributed by atoms with Crippen LogP contribution in [0.2, 0.25) is 0 Å². The largest absolute Gasteiger partial charge is 0.416 e. The molecule has 0 radical (unpaired) electrons.